The van der Waals surface area contributed by atoms with E-state index in [0.717, 1.165) is 12.8 Å². The van der Waals surface area contributed by atoms with Gasteiger partial charge in [0.05, 0.1) is 56.8 Å². The van der Waals surface area contributed by atoms with Crippen LogP contribution in [0.4, 0.5) is 0 Å². The number of carbonyl (C=O) groups is 6. The normalized spacial score (nSPS) is 38.6. The van der Waals surface area contributed by atoms with Crippen LogP contribution in [0.2, 0.25) is 0 Å². The minimum atomic E-state index is -0.982. The van der Waals surface area contributed by atoms with Crippen molar-refractivity contribution >= 4 is 35.8 Å². The Labute approximate surface area is 242 Å². The number of fused-ring (bicyclic) bond motifs is 6. The molecule has 12 unspecified atom stereocenters. The number of carboxylic acid groups (broad SMARTS) is 3. The molecule has 0 aromatic carbocycles. The molecule has 0 aromatic rings. The molecule has 0 spiro atoms. The number of allylic oxidation sites excluding steroid dienone is 6. The first-order valence-electron chi connectivity index (χ1n) is 13.9. The molecule has 12 nitrogen and oxygen atoms in total. The number of carbonyl (C=O) groups excluding carboxylic acids is 3. The second-order valence-corrected chi connectivity index (χ2v) is 11.6. The van der Waals surface area contributed by atoms with Gasteiger partial charge in [0, 0.05) is 0 Å². The summed E-state index contributed by atoms with van der Waals surface area (Å²) in [5.74, 6) is -6.82. The lowest BCUT2D eigenvalue weighted by molar-refractivity contribution is -0.158. The largest absolute Gasteiger partial charge is 0.481 e. The van der Waals surface area contributed by atoms with E-state index in [1.54, 1.807) is 0 Å². The van der Waals surface area contributed by atoms with E-state index in [9.17, 15) is 28.8 Å². The zero-order valence-corrected chi connectivity index (χ0v) is 23.5. The number of carboxylic acids is 3. The Morgan fingerprint density at radius 2 is 0.619 bits per heavy atom. The van der Waals surface area contributed by atoms with Crippen molar-refractivity contribution < 1.29 is 58.3 Å². The van der Waals surface area contributed by atoms with Crippen molar-refractivity contribution in [2.24, 2.45) is 71.0 Å². The summed E-state index contributed by atoms with van der Waals surface area (Å²) in [5, 5.41) is 26.7. The standard InChI is InChI=1S/C11H14O4.C10H12O4.C9H10O4/c1-14-10(12)8-6-3-4-7(5-6)9(8)11(13)15-2;1-14-10(13)8-6-3-2-5(4-6)7(8)9(11)12;10-8(11)6-4-1-2-5(3-4)7(6)9(12)13/h3-4,6-9H,5H2,1-2H3;2-3,5-8H,4H2,1H3,(H,11,12);1-2,4-7H,3H2,(H,10,11)(H,12,13). The van der Waals surface area contributed by atoms with E-state index in [2.05, 4.69) is 4.74 Å². The van der Waals surface area contributed by atoms with Gasteiger partial charge < -0.3 is 29.5 Å². The Hall–Kier alpha value is -3.96. The molecule has 3 N–H and O–H groups in total. The molecule has 6 aliphatic rings. The van der Waals surface area contributed by atoms with E-state index in [4.69, 9.17) is 24.8 Å². The zero-order valence-electron chi connectivity index (χ0n) is 23.5. The molecule has 0 heterocycles. The van der Waals surface area contributed by atoms with Gasteiger partial charge in [0.25, 0.3) is 0 Å². The van der Waals surface area contributed by atoms with Crippen molar-refractivity contribution in [1.82, 2.24) is 0 Å². The van der Waals surface area contributed by atoms with Crippen LogP contribution >= 0.6 is 0 Å². The Morgan fingerprint density at radius 3 is 0.833 bits per heavy atom. The van der Waals surface area contributed by atoms with E-state index in [0.29, 0.717) is 6.42 Å². The number of rotatable bonds is 6. The first-order chi connectivity index (χ1) is 19.9. The summed E-state index contributed by atoms with van der Waals surface area (Å²) in [6, 6.07) is 0. The number of hydrogen-bond acceptors (Lipinski definition) is 9. The lowest BCUT2D eigenvalue weighted by Crippen LogP contribution is -2.34. The Bertz CT molecular complexity index is 1160. The summed E-state index contributed by atoms with van der Waals surface area (Å²) >= 11 is 0. The molecule has 0 aliphatic heterocycles. The lowest BCUT2D eigenvalue weighted by Gasteiger charge is -2.23. The molecule has 12 heteroatoms. The fourth-order valence-electron chi connectivity index (χ4n) is 7.85. The van der Waals surface area contributed by atoms with Crippen LogP contribution in [0.5, 0.6) is 0 Å². The van der Waals surface area contributed by atoms with Crippen LogP contribution in [0.15, 0.2) is 36.5 Å². The summed E-state index contributed by atoms with van der Waals surface area (Å²) in [5.41, 5.74) is 0. The van der Waals surface area contributed by atoms with Gasteiger partial charge in [-0.2, -0.15) is 0 Å². The molecule has 0 amide bonds. The van der Waals surface area contributed by atoms with E-state index in [1.807, 2.05) is 36.5 Å². The first kappa shape index (κ1) is 31.0. The molecule has 0 radical (unpaired) electrons. The molecule has 3 saturated carbocycles. The minimum Gasteiger partial charge on any atom is -0.481 e. The van der Waals surface area contributed by atoms with Crippen LogP contribution < -0.4 is 0 Å². The van der Waals surface area contributed by atoms with E-state index in [1.165, 1.54) is 21.3 Å². The van der Waals surface area contributed by atoms with Crippen molar-refractivity contribution in [2.75, 3.05) is 21.3 Å². The molecule has 6 bridgehead atoms. The number of aliphatic carboxylic acids is 3. The third-order valence-corrected chi connectivity index (χ3v) is 9.65. The van der Waals surface area contributed by atoms with Gasteiger partial charge in [0.15, 0.2) is 0 Å². The number of ether oxygens (including phenoxy) is 3. The van der Waals surface area contributed by atoms with E-state index < -0.39 is 47.5 Å². The maximum Gasteiger partial charge on any atom is 0.310 e. The quantitative estimate of drug-likeness (QED) is 0.233. The summed E-state index contributed by atoms with van der Waals surface area (Å²) in [6.45, 7) is 0. The van der Waals surface area contributed by atoms with Crippen LogP contribution in [0.3, 0.4) is 0 Å². The van der Waals surface area contributed by atoms with Crippen molar-refractivity contribution in [2.45, 2.75) is 19.3 Å². The summed E-state index contributed by atoms with van der Waals surface area (Å²) in [6.07, 6.45) is 13.8. The van der Waals surface area contributed by atoms with E-state index in [-0.39, 0.29) is 59.3 Å². The van der Waals surface area contributed by atoms with Gasteiger partial charge in [-0.1, -0.05) is 36.5 Å². The fourth-order valence-corrected chi connectivity index (χ4v) is 7.85. The Morgan fingerprint density at radius 1 is 0.429 bits per heavy atom. The van der Waals surface area contributed by atoms with Gasteiger partial charge in [0.1, 0.15) is 0 Å². The maximum atomic E-state index is 11.6. The second kappa shape index (κ2) is 12.5. The van der Waals surface area contributed by atoms with Crippen molar-refractivity contribution in [3.63, 3.8) is 0 Å². The zero-order chi connectivity index (χ0) is 30.9. The average Bonchev–Trinajstić information content (AvgIpc) is 3.82. The first-order valence-corrected chi connectivity index (χ1v) is 13.9. The minimum absolute atomic E-state index is 0.0154. The molecule has 6 rings (SSSR count). The third-order valence-electron chi connectivity index (χ3n) is 9.65. The molecule has 0 saturated heterocycles. The molecule has 228 valence electrons. The highest BCUT2D eigenvalue weighted by Gasteiger charge is 2.54. The Kier molecular flexibility index (Phi) is 9.22. The summed E-state index contributed by atoms with van der Waals surface area (Å²) in [4.78, 5) is 67.1. The SMILES string of the molecule is COC(=O)C1C2C=CC(C2)C1C(=O)O.COC(=O)C1C2C=CC(C2)C1C(=O)OC.O=C(O)C1C2C=CC(C2)C1C(=O)O. The predicted octanol–water partition coefficient (Wildman–Crippen LogP) is 2.05. The van der Waals surface area contributed by atoms with Gasteiger partial charge in [0.2, 0.25) is 0 Å². The maximum absolute atomic E-state index is 11.6. The molecule has 6 aliphatic carbocycles. The average molecular weight is 589 g/mol. The van der Waals surface area contributed by atoms with Gasteiger partial charge >= 0.3 is 35.8 Å². The molecule has 0 aromatic heterocycles. The van der Waals surface area contributed by atoms with Crippen molar-refractivity contribution in [3.05, 3.63) is 36.5 Å². The van der Waals surface area contributed by atoms with E-state index >= 15 is 0 Å². The predicted molar refractivity (Wildman–Crippen MR) is 142 cm³/mol. The molecular formula is C30H36O12. The fraction of sp³-hybridized carbons (Fsp3) is 0.600. The van der Waals surface area contributed by atoms with Crippen LogP contribution in [0, 0.1) is 71.0 Å². The van der Waals surface area contributed by atoms with Gasteiger partial charge in [-0.25, -0.2) is 0 Å². The number of esters is 3. The Balaban J connectivity index is 0.000000145. The molecule has 12 atom stereocenters. The van der Waals surface area contributed by atoms with Crippen LogP contribution in [0.1, 0.15) is 19.3 Å². The molecule has 42 heavy (non-hydrogen) atoms. The van der Waals surface area contributed by atoms with Crippen molar-refractivity contribution in [1.29, 1.82) is 0 Å². The smallest absolute Gasteiger partial charge is 0.310 e. The van der Waals surface area contributed by atoms with Gasteiger partial charge in [-0.05, 0) is 54.8 Å². The highest BCUT2D eigenvalue weighted by Crippen LogP contribution is 2.50. The highest BCUT2D eigenvalue weighted by molar-refractivity contribution is 5.85. The number of hydrogen-bond donors (Lipinski definition) is 3. The summed E-state index contributed by atoms with van der Waals surface area (Å²) < 4.78 is 14.1. The van der Waals surface area contributed by atoms with Crippen molar-refractivity contribution in [3.8, 4) is 0 Å². The third kappa shape index (κ3) is 5.58. The van der Waals surface area contributed by atoms with Gasteiger partial charge in [-0.15, -0.1) is 0 Å². The van der Waals surface area contributed by atoms with Crippen LogP contribution in [-0.2, 0) is 43.0 Å². The highest BCUT2D eigenvalue weighted by atomic mass is 16.5. The topological polar surface area (TPSA) is 191 Å². The second-order valence-electron chi connectivity index (χ2n) is 11.6. The molecular weight excluding hydrogens is 552 g/mol. The molecule has 3 fully saturated rings. The number of methoxy groups -OCH3 is 3. The van der Waals surface area contributed by atoms with Crippen LogP contribution in [0.25, 0.3) is 0 Å². The lowest BCUT2D eigenvalue weighted by atomic mass is 9.83. The van der Waals surface area contributed by atoms with Crippen LogP contribution in [-0.4, -0.2) is 72.5 Å². The van der Waals surface area contributed by atoms with Gasteiger partial charge in [-0.3, -0.25) is 28.8 Å². The monoisotopic (exact) mass is 588 g/mol. The summed E-state index contributed by atoms with van der Waals surface area (Å²) in [7, 11) is 4.01.